The monoisotopic (exact) mass is 577 g/mol. The van der Waals surface area contributed by atoms with E-state index in [1.165, 1.54) is 0 Å². The van der Waals surface area contributed by atoms with E-state index in [2.05, 4.69) is 25.2 Å². The highest BCUT2D eigenvalue weighted by molar-refractivity contribution is 5.90. The van der Waals surface area contributed by atoms with Crippen molar-refractivity contribution in [1.82, 2.24) is 5.32 Å². The zero-order valence-electron chi connectivity index (χ0n) is 26.2. The Morgan fingerprint density at radius 3 is 2.39 bits per heavy atom. The summed E-state index contributed by atoms with van der Waals surface area (Å²) >= 11 is 0. The van der Waals surface area contributed by atoms with Gasteiger partial charge in [0.15, 0.2) is 11.5 Å². The minimum atomic E-state index is -0.915. The van der Waals surface area contributed by atoms with Crippen LogP contribution in [-0.4, -0.2) is 62.0 Å². The van der Waals surface area contributed by atoms with Gasteiger partial charge in [0.25, 0.3) is 0 Å². The summed E-state index contributed by atoms with van der Waals surface area (Å²) < 4.78 is 16.5. The van der Waals surface area contributed by atoms with Crippen molar-refractivity contribution in [2.45, 2.75) is 110 Å². The predicted octanol–water partition coefficient (Wildman–Crippen LogP) is 4.11. The van der Waals surface area contributed by atoms with Crippen molar-refractivity contribution in [2.75, 3.05) is 27.4 Å². The van der Waals surface area contributed by atoms with Crippen molar-refractivity contribution >= 4 is 11.8 Å². The molecule has 0 radical (unpaired) electrons. The number of nitrogens with one attached hydrogen (secondary N) is 1. The van der Waals surface area contributed by atoms with Gasteiger partial charge in [-0.1, -0.05) is 46.6 Å². The van der Waals surface area contributed by atoms with Crippen LogP contribution in [0, 0.1) is 17.3 Å². The Morgan fingerprint density at radius 1 is 1.12 bits per heavy atom. The quantitative estimate of drug-likeness (QED) is 0.181. The van der Waals surface area contributed by atoms with Gasteiger partial charge in [-0.15, -0.1) is 0 Å². The maximum absolute atomic E-state index is 12.8. The number of hydrogen-bond acceptors (Lipinski definition) is 7. The average Bonchev–Trinajstić information content (AvgIpc) is 3.38. The molecule has 0 aliphatic heterocycles. The first-order valence-corrected chi connectivity index (χ1v) is 15.2. The summed E-state index contributed by atoms with van der Waals surface area (Å²) in [5, 5.41) is 13.9. The van der Waals surface area contributed by atoms with Gasteiger partial charge in [-0.25, -0.2) is 0 Å². The maximum atomic E-state index is 12.8. The lowest BCUT2D eigenvalue weighted by molar-refractivity contribution is -0.132. The first kappa shape index (κ1) is 34.8. The second-order valence-corrected chi connectivity index (χ2v) is 12.9. The number of hydrogen-bond donors (Lipinski definition) is 4. The van der Waals surface area contributed by atoms with Gasteiger partial charge >= 0.3 is 0 Å². The molecule has 41 heavy (non-hydrogen) atoms. The van der Waals surface area contributed by atoms with Crippen LogP contribution in [0.3, 0.4) is 0 Å². The Balaban J connectivity index is 1.92. The van der Waals surface area contributed by atoms with Gasteiger partial charge in [0, 0.05) is 32.6 Å². The van der Waals surface area contributed by atoms with E-state index in [-0.39, 0.29) is 29.7 Å². The summed E-state index contributed by atoms with van der Waals surface area (Å²) in [7, 11) is 3.31. The van der Waals surface area contributed by atoms with Crippen molar-refractivity contribution in [3.63, 3.8) is 0 Å². The van der Waals surface area contributed by atoms with Gasteiger partial charge in [-0.2, -0.15) is 0 Å². The molecule has 2 amide bonds. The Bertz CT molecular complexity index is 961. The number of amides is 2. The topological polar surface area (TPSA) is 146 Å². The molecule has 1 aliphatic carbocycles. The van der Waals surface area contributed by atoms with Gasteiger partial charge in [-0.3, -0.25) is 9.59 Å². The highest BCUT2D eigenvalue weighted by atomic mass is 16.5. The molecule has 1 aliphatic rings. The third kappa shape index (κ3) is 11.1. The van der Waals surface area contributed by atoms with Crippen LogP contribution in [0.15, 0.2) is 18.2 Å². The highest BCUT2D eigenvalue weighted by Crippen LogP contribution is 2.34. The molecule has 0 saturated heterocycles. The predicted molar refractivity (Wildman–Crippen MR) is 162 cm³/mol. The number of methoxy groups -OCH3 is 2. The molecule has 1 aromatic rings. The molecule has 234 valence electrons. The third-order valence-electron chi connectivity index (χ3n) is 8.55. The first-order valence-electron chi connectivity index (χ1n) is 15.2. The molecule has 1 saturated carbocycles. The van der Waals surface area contributed by atoms with Gasteiger partial charge in [-0.05, 0) is 73.5 Å². The molecule has 3 atom stereocenters. The van der Waals surface area contributed by atoms with Gasteiger partial charge in [0.05, 0.1) is 19.8 Å². The second-order valence-electron chi connectivity index (χ2n) is 12.9. The molecule has 2 rings (SSSR count). The third-order valence-corrected chi connectivity index (χ3v) is 8.55. The fraction of sp³-hybridized carbons (Fsp3) is 0.750. The van der Waals surface area contributed by atoms with Crippen molar-refractivity contribution < 1.29 is 28.9 Å². The summed E-state index contributed by atoms with van der Waals surface area (Å²) in [4.78, 5) is 24.8. The van der Waals surface area contributed by atoms with Crippen LogP contribution in [0.4, 0.5) is 0 Å². The molecule has 0 spiro atoms. The van der Waals surface area contributed by atoms with E-state index >= 15 is 0 Å². The lowest BCUT2D eigenvalue weighted by Crippen LogP contribution is -2.56. The van der Waals surface area contributed by atoms with Gasteiger partial charge in [0.2, 0.25) is 11.8 Å². The number of ether oxygens (including phenoxy) is 3. The number of primary amides is 1. The molecule has 9 heteroatoms. The van der Waals surface area contributed by atoms with E-state index in [9.17, 15) is 14.7 Å². The number of aliphatic hydroxyl groups excluding tert-OH is 1. The number of aliphatic hydroxyl groups is 1. The average molecular weight is 578 g/mol. The van der Waals surface area contributed by atoms with Crippen molar-refractivity contribution in [2.24, 2.45) is 28.7 Å². The van der Waals surface area contributed by atoms with Crippen LogP contribution in [0.5, 0.6) is 11.5 Å². The number of benzene rings is 1. The summed E-state index contributed by atoms with van der Waals surface area (Å²) in [6, 6.07) is 5.64. The fourth-order valence-electron chi connectivity index (χ4n) is 5.75. The maximum Gasteiger partial charge on any atom is 0.243 e. The largest absolute Gasteiger partial charge is 0.493 e. The number of nitrogens with two attached hydrogens (primary N) is 2. The number of carbonyl (C=O) groups excluding carboxylic acids is 2. The zero-order valence-corrected chi connectivity index (χ0v) is 26.2. The van der Waals surface area contributed by atoms with Crippen molar-refractivity contribution in [1.29, 1.82) is 0 Å². The minimum absolute atomic E-state index is 0.170. The van der Waals surface area contributed by atoms with Crippen molar-refractivity contribution in [3.05, 3.63) is 23.8 Å². The molecule has 9 nitrogen and oxygen atoms in total. The number of rotatable bonds is 19. The van der Waals surface area contributed by atoms with Gasteiger partial charge in [0.1, 0.15) is 5.54 Å². The normalized spacial score (nSPS) is 17.2. The van der Waals surface area contributed by atoms with E-state index in [1.807, 2.05) is 26.0 Å². The van der Waals surface area contributed by atoms with E-state index in [1.54, 1.807) is 14.2 Å². The molecule has 1 fully saturated rings. The van der Waals surface area contributed by atoms with E-state index < -0.39 is 17.6 Å². The molecule has 0 heterocycles. The second kappa shape index (κ2) is 16.3. The van der Waals surface area contributed by atoms with Gasteiger partial charge < -0.3 is 36.1 Å². The van der Waals surface area contributed by atoms with Crippen LogP contribution in [0.1, 0.15) is 91.0 Å². The molecular weight excluding hydrogens is 522 g/mol. The summed E-state index contributed by atoms with van der Waals surface area (Å²) in [6.45, 7) is 9.55. The van der Waals surface area contributed by atoms with Crippen LogP contribution >= 0.6 is 0 Å². The van der Waals surface area contributed by atoms with Crippen LogP contribution in [0.2, 0.25) is 0 Å². The lowest BCUT2D eigenvalue weighted by atomic mass is 9.79. The molecule has 0 aromatic heterocycles. The molecule has 0 bridgehead atoms. The fourth-order valence-corrected chi connectivity index (χ4v) is 5.75. The smallest absolute Gasteiger partial charge is 0.243 e. The van der Waals surface area contributed by atoms with Crippen LogP contribution in [-0.2, 0) is 20.7 Å². The SMILES string of the molecule is COCCCOc1cc(C[C@@H](C[C@H](N)[C@@H](O)CCC(C)(C)CC(=O)NC2(C(N)=O)CCCC2)C(C)C)ccc1OC. The summed E-state index contributed by atoms with van der Waals surface area (Å²) in [5.41, 5.74) is 12.0. The number of carbonyl (C=O) groups is 2. The molecule has 1 aromatic carbocycles. The van der Waals surface area contributed by atoms with E-state index in [4.69, 9.17) is 25.7 Å². The Labute approximate surface area is 247 Å². The highest BCUT2D eigenvalue weighted by Gasteiger charge is 2.41. The summed E-state index contributed by atoms with van der Waals surface area (Å²) in [6.07, 6.45) is 5.94. The van der Waals surface area contributed by atoms with E-state index in [0.717, 1.165) is 31.2 Å². The summed E-state index contributed by atoms with van der Waals surface area (Å²) in [5.74, 6) is 1.43. The standard InChI is InChI=1S/C32H55N3O6/c1-22(2)24(18-23-10-11-27(40-6)28(19-23)41-17-9-16-39-5)20-25(33)26(36)12-15-31(3,4)21-29(37)35-32(30(34)38)13-7-8-14-32/h10-11,19,22,24-26,36H,7-9,12-18,20-21,33H2,1-6H3,(H2,34,38)(H,35,37)/t24-,25-,26-/m0/s1. The van der Waals surface area contributed by atoms with E-state index in [0.29, 0.717) is 62.7 Å². The molecule has 6 N–H and O–H groups in total. The van der Waals surface area contributed by atoms with Crippen LogP contribution < -0.4 is 26.3 Å². The molecular formula is C32H55N3O6. The Kier molecular flexibility index (Phi) is 13.9. The molecule has 0 unspecified atom stereocenters. The lowest BCUT2D eigenvalue weighted by Gasteiger charge is -2.31. The zero-order chi connectivity index (χ0) is 30.6. The minimum Gasteiger partial charge on any atom is -0.493 e. The Morgan fingerprint density at radius 2 is 1.80 bits per heavy atom. The van der Waals surface area contributed by atoms with Crippen molar-refractivity contribution in [3.8, 4) is 11.5 Å². The van der Waals surface area contributed by atoms with Crippen LogP contribution in [0.25, 0.3) is 0 Å². The first-order chi connectivity index (χ1) is 19.3. The Hall–Kier alpha value is -2.36.